The Bertz CT molecular complexity index is 798. The second kappa shape index (κ2) is 11.9. The molecule has 0 spiro atoms. The summed E-state index contributed by atoms with van der Waals surface area (Å²) in [5.41, 5.74) is 7.60. The van der Waals surface area contributed by atoms with Crippen molar-refractivity contribution in [2.75, 3.05) is 19.6 Å². The van der Waals surface area contributed by atoms with Crippen LogP contribution in [0.4, 0.5) is 0 Å². The molecule has 0 aromatic heterocycles. The maximum atomic E-state index is 12.8. The Labute approximate surface area is 182 Å². The molecule has 1 aromatic rings. The Morgan fingerprint density at radius 3 is 2.79 bits per heavy atom. The Morgan fingerprint density at radius 1 is 1.38 bits per heavy atom. The third-order valence-electron chi connectivity index (χ3n) is 4.75. The average molecular weight is 438 g/mol. The molecule has 1 amide bonds. The van der Waals surface area contributed by atoms with Crippen molar-refractivity contribution in [3.8, 4) is 0 Å². The van der Waals surface area contributed by atoms with Gasteiger partial charge in [0.2, 0.25) is 0 Å². The van der Waals surface area contributed by atoms with Gasteiger partial charge < -0.3 is 21.7 Å². The highest BCUT2D eigenvalue weighted by atomic mass is 35.5. The quantitative estimate of drug-likeness (QED) is 0.469. The lowest BCUT2D eigenvalue weighted by Gasteiger charge is -2.21. The van der Waals surface area contributed by atoms with E-state index in [1.54, 1.807) is 25.1 Å². The minimum atomic E-state index is -0.289. The first kappa shape index (κ1) is 23.3. The molecule has 1 heterocycles. The summed E-state index contributed by atoms with van der Waals surface area (Å²) in [7, 11) is 0. The van der Waals surface area contributed by atoms with Crippen LogP contribution in [-0.4, -0.2) is 31.3 Å². The molecule has 1 fully saturated rings. The average Bonchev–Trinajstić information content (AvgIpc) is 2.74. The number of piperidine rings is 1. The first-order chi connectivity index (χ1) is 13.9. The SMILES string of the molecule is CC=C(NCc1ccc(Cl)c(Cl)c1)NC(=O)C(=NCC1CCCNC1)/C(C)=C\N. The number of nitrogens with zero attached hydrogens (tertiary/aromatic N) is 1. The first-order valence-electron chi connectivity index (χ1n) is 9.74. The zero-order valence-electron chi connectivity index (χ0n) is 16.9. The van der Waals surface area contributed by atoms with E-state index in [1.165, 1.54) is 6.20 Å². The number of rotatable bonds is 8. The third-order valence-corrected chi connectivity index (χ3v) is 5.49. The fourth-order valence-electron chi connectivity index (χ4n) is 3.00. The van der Waals surface area contributed by atoms with Gasteiger partial charge in [-0.15, -0.1) is 0 Å². The molecule has 1 saturated heterocycles. The van der Waals surface area contributed by atoms with Crippen molar-refractivity contribution in [3.63, 3.8) is 0 Å². The standard InChI is InChI=1S/C21H29Cl2N5O/c1-3-19(26-12-15-6-7-17(22)18(23)9-15)28-21(29)20(14(2)10-24)27-13-16-5-4-8-25-11-16/h3,6-7,9-10,16,25-26H,4-5,8,11-13,24H2,1-2H3,(H,28,29)/b14-10-,19-3?,27-20?. The highest BCUT2D eigenvalue weighted by Gasteiger charge is 2.17. The molecule has 1 aromatic carbocycles. The van der Waals surface area contributed by atoms with Gasteiger partial charge in [-0.2, -0.15) is 0 Å². The maximum absolute atomic E-state index is 12.8. The first-order valence-corrected chi connectivity index (χ1v) is 10.5. The number of nitrogens with one attached hydrogen (secondary N) is 3. The Kier molecular flexibility index (Phi) is 9.51. The van der Waals surface area contributed by atoms with Gasteiger partial charge in [0.25, 0.3) is 5.91 Å². The summed E-state index contributed by atoms with van der Waals surface area (Å²) in [6, 6.07) is 5.41. The summed E-state index contributed by atoms with van der Waals surface area (Å²) in [6.07, 6.45) is 5.45. The smallest absolute Gasteiger partial charge is 0.275 e. The predicted octanol–water partition coefficient (Wildman–Crippen LogP) is 3.36. The van der Waals surface area contributed by atoms with E-state index in [1.807, 2.05) is 13.0 Å². The number of allylic oxidation sites excluding steroid dienone is 1. The molecule has 29 heavy (non-hydrogen) atoms. The van der Waals surface area contributed by atoms with E-state index in [4.69, 9.17) is 28.9 Å². The topological polar surface area (TPSA) is 91.5 Å². The van der Waals surface area contributed by atoms with E-state index >= 15 is 0 Å². The Hall–Kier alpha value is -2.02. The minimum absolute atomic E-state index is 0.289. The number of hydrogen-bond acceptors (Lipinski definition) is 5. The Balaban J connectivity index is 2.00. The van der Waals surface area contributed by atoms with Crippen molar-refractivity contribution >= 4 is 34.8 Å². The molecule has 0 aliphatic carbocycles. The number of carbonyl (C=O) groups excluding carboxylic acids is 1. The highest BCUT2D eigenvalue weighted by Crippen LogP contribution is 2.22. The molecular weight excluding hydrogens is 409 g/mol. The molecule has 0 radical (unpaired) electrons. The van der Waals surface area contributed by atoms with Gasteiger partial charge in [-0.3, -0.25) is 9.79 Å². The monoisotopic (exact) mass is 437 g/mol. The van der Waals surface area contributed by atoms with E-state index in [2.05, 4.69) is 20.9 Å². The summed E-state index contributed by atoms with van der Waals surface area (Å²) in [6.45, 7) is 6.69. The molecular formula is C21H29Cl2N5O. The number of benzene rings is 1. The van der Waals surface area contributed by atoms with Crippen molar-refractivity contribution in [2.24, 2.45) is 16.6 Å². The van der Waals surface area contributed by atoms with Gasteiger partial charge >= 0.3 is 0 Å². The Morgan fingerprint density at radius 2 is 2.17 bits per heavy atom. The molecule has 5 N–H and O–H groups in total. The van der Waals surface area contributed by atoms with Crippen molar-refractivity contribution in [2.45, 2.75) is 33.2 Å². The van der Waals surface area contributed by atoms with Gasteiger partial charge in [0.05, 0.1) is 10.0 Å². The molecule has 2 rings (SSSR count). The fraction of sp³-hybridized carbons (Fsp3) is 0.429. The van der Waals surface area contributed by atoms with Crippen LogP contribution in [0, 0.1) is 5.92 Å². The molecule has 8 heteroatoms. The minimum Gasteiger partial charge on any atom is -0.404 e. The second-order valence-corrected chi connectivity index (χ2v) is 7.82. The van der Waals surface area contributed by atoms with Crippen LogP contribution in [0.5, 0.6) is 0 Å². The normalized spacial score (nSPS) is 18.5. The van der Waals surface area contributed by atoms with Crippen molar-refractivity contribution in [3.05, 3.63) is 57.5 Å². The van der Waals surface area contributed by atoms with Crippen molar-refractivity contribution < 1.29 is 4.79 Å². The van der Waals surface area contributed by atoms with Gasteiger partial charge in [0.15, 0.2) is 0 Å². The van der Waals surface area contributed by atoms with Gasteiger partial charge in [-0.25, -0.2) is 0 Å². The van der Waals surface area contributed by atoms with Crippen LogP contribution in [0.1, 0.15) is 32.3 Å². The molecule has 1 atom stereocenters. The summed E-state index contributed by atoms with van der Waals surface area (Å²) in [5, 5.41) is 10.4. The van der Waals surface area contributed by atoms with E-state index in [-0.39, 0.29) is 5.91 Å². The van der Waals surface area contributed by atoms with Crippen LogP contribution in [0.25, 0.3) is 0 Å². The number of carbonyl (C=O) groups is 1. The summed E-state index contributed by atoms with van der Waals surface area (Å²) < 4.78 is 0. The van der Waals surface area contributed by atoms with Crippen LogP contribution < -0.4 is 21.7 Å². The molecule has 1 unspecified atom stereocenters. The number of halogens is 2. The molecule has 1 aliphatic rings. The molecule has 0 bridgehead atoms. The lowest BCUT2D eigenvalue weighted by atomic mass is 10.00. The van der Waals surface area contributed by atoms with E-state index in [0.29, 0.717) is 46.2 Å². The summed E-state index contributed by atoms with van der Waals surface area (Å²) in [5.74, 6) is 0.728. The summed E-state index contributed by atoms with van der Waals surface area (Å²) in [4.78, 5) is 17.4. The number of amides is 1. The lowest BCUT2D eigenvalue weighted by molar-refractivity contribution is -0.114. The van der Waals surface area contributed by atoms with Gasteiger partial charge in [0.1, 0.15) is 11.5 Å². The second-order valence-electron chi connectivity index (χ2n) is 7.01. The van der Waals surface area contributed by atoms with Crippen LogP contribution in [0.15, 0.2) is 46.9 Å². The van der Waals surface area contributed by atoms with E-state index < -0.39 is 0 Å². The maximum Gasteiger partial charge on any atom is 0.275 e. The zero-order chi connectivity index (χ0) is 21.2. The van der Waals surface area contributed by atoms with Gasteiger partial charge in [0, 0.05) is 13.1 Å². The zero-order valence-corrected chi connectivity index (χ0v) is 18.4. The van der Waals surface area contributed by atoms with E-state index in [0.717, 1.165) is 31.5 Å². The van der Waals surface area contributed by atoms with Crippen LogP contribution >= 0.6 is 23.2 Å². The fourth-order valence-corrected chi connectivity index (χ4v) is 3.32. The molecule has 6 nitrogen and oxygen atoms in total. The van der Waals surface area contributed by atoms with Crippen LogP contribution in [-0.2, 0) is 11.3 Å². The third kappa shape index (κ3) is 7.38. The largest absolute Gasteiger partial charge is 0.404 e. The number of nitrogens with two attached hydrogens (primary N) is 1. The number of hydrogen-bond donors (Lipinski definition) is 4. The van der Waals surface area contributed by atoms with Crippen LogP contribution in [0.3, 0.4) is 0 Å². The molecule has 158 valence electrons. The van der Waals surface area contributed by atoms with Crippen LogP contribution in [0.2, 0.25) is 10.0 Å². The lowest BCUT2D eigenvalue weighted by Crippen LogP contribution is -2.37. The summed E-state index contributed by atoms with van der Waals surface area (Å²) >= 11 is 12.0. The molecule has 0 saturated carbocycles. The van der Waals surface area contributed by atoms with Gasteiger partial charge in [-0.05, 0) is 81.2 Å². The van der Waals surface area contributed by atoms with Crippen molar-refractivity contribution in [1.82, 2.24) is 16.0 Å². The van der Waals surface area contributed by atoms with E-state index in [9.17, 15) is 4.79 Å². The van der Waals surface area contributed by atoms with Gasteiger partial charge in [-0.1, -0.05) is 29.3 Å². The number of aliphatic imine (C=N–C) groups is 1. The predicted molar refractivity (Wildman–Crippen MR) is 121 cm³/mol. The van der Waals surface area contributed by atoms with Crippen molar-refractivity contribution in [1.29, 1.82) is 0 Å². The molecule has 1 aliphatic heterocycles. The highest BCUT2D eigenvalue weighted by molar-refractivity contribution is 6.45.